The summed E-state index contributed by atoms with van der Waals surface area (Å²) in [7, 11) is 0. The van der Waals surface area contributed by atoms with Crippen LogP contribution in [0.5, 0.6) is 0 Å². The summed E-state index contributed by atoms with van der Waals surface area (Å²) in [4.78, 5) is 12.7. The Kier molecular flexibility index (Phi) is 8.95. The van der Waals surface area contributed by atoms with E-state index in [9.17, 15) is 4.79 Å². The molecule has 4 aliphatic rings. The number of hydrogen-bond donors (Lipinski definition) is 0. The van der Waals surface area contributed by atoms with E-state index < -0.39 is 0 Å². The number of hydrogen-bond acceptors (Lipinski definition) is 2. The summed E-state index contributed by atoms with van der Waals surface area (Å²) < 4.78 is 5.92. The van der Waals surface area contributed by atoms with Crippen LogP contribution in [-0.2, 0) is 9.53 Å². The van der Waals surface area contributed by atoms with Gasteiger partial charge in [0.2, 0.25) is 0 Å². The van der Waals surface area contributed by atoms with Gasteiger partial charge in [0.1, 0.15) is 6.10 Å². The van der Waals surface area contributed by atoms with Crippen molar-refractivity contribution in [1.82, 2.24) is 0 Å². The molecule has 4 saturated carbocycles. The molecule has 0 aliphatic heterocycles. The summed E-state index contributed by atoms with van der Waals surface area (Å²) in [5.41, 5.74) is 0. The van der Waals surface area contributed by atoms with Crippen LogP contribution in [0.2, 0.25) is 0 Å². The van der Waals surface area contributed by atoms with Crippen molar-refractivity contribution < 1.29 is 9.53 Å². The van der Waals surface area contributed by atoms with Gasteiger partial charge in [0.15, 0.2) is 0 Å². The summed E-state index contributed by atoms with van der Waals surface area (Å²) in [5.74, 6) is 5.29. The summed E-state index contributed by atoms with van der Waals surface area (Å²) >= 11 is 0. The molecule has 2 heteroatoms. The zero-order valence-corrected chi connectivity index (χ0v) is 20.7. The fourth-order valence-corrected chi connectivity index (χ4v) is 7.13. The molecular formula is C30H48O2. The fraction of sp³-hybridized carbons (Fsp3) is 0.833. The number of allylic oxidation sites excluding steroid dienone is 3. The third-order valence-corrected chi connectivity index (χ3v) is 9.64. The Labute approximate surface area is 197 Å². The van der Waals surface area contributed by atoms with Gasteiger partial charge in [-0.05, 0) is 125 Å². The smallest absolute Gasteiger partial charge is 0.309 e. The minimum Gasteiger partial charge on any atom is -0.462 e. The molecule has 0 aromatic heterocycles. The van der Waals surface area contributed by atoms with E-state index >= 15 is 0 Å². The Morgan fingerprint density at radius 3 is 1.66 bits per heavy atom. The topological polar surface area (TPSA) is 26.3 Å². The van der Waals surface area contributed by atoms with Crippen molar-refractivity contribution in [2.24, 2.45) is 41.4 Å². The fourth-order valence-electron chi connectivity index (χ4n) is 7.13. The quantitative estimate of drug-likeness (QED) is 0.307. The van der Waals surface area contributed by atoms with E-state index in [0.29, 0.717) is 5.92 Å². The van der Waals surface area contributed by atoms with Crippen LogP contribution in [0.1, 0.15) is 110 Å². The Morgan fingerprint density at radius 2 is 1.12 bits per heavy atom. The maximum Gasteiger partial charge on any atom is 0.309 e. The van der Waals surface area contributed by atoms with Crippen LogP contribution in [0.4, 0.5) is 0 Å². The van der Waals surface area contributed by atoms with Gasteiger partial charge >= 0.3 is 5.97 Å². The molecule has 32 heavy (non-hydrogen) atoms. The second-order valence-electron chi connectivity index (χ2n) is 11.9. The van der Waals surface area contributed by atoms with Gasteiger partial charge in [-0.1, -0.05) is 38.0 Å². The first-order chi connectivity index (χ1) is 15.6. The Bertz CT molecular complexity index is 605. The lowest BCUT2D eigenvalue weighted by molar-refractivity contribution is -0.157. The summed E-state index contributed by atoms with van der Waals surface area (Å²) in [5, 5.41) is 0. The average molecular weight is 441 g/mol. The van der Waals surface area contributed by atoms with E-state index in [1.165, 1.54) is 64.2 Å². The predicted molar refractivity (Wildman–Crippen MR) is 133 cm³/mol. The lowest BCUT2D eigenvalue weighted by Crippen LogP contribution is -2.32. The molecule has 0 spiro atoms. The predicted octanol–water partition coefficient (Wildman–Crippen LogP) is 8.27. The van der Waals surface area contributed by atoms with E-state index in [2.05, 4.69) is 31.7 Å². The number of ether oxygens (including phenoxy) is 1. The Morgan fingerprint density at radius 1 is 0.656 bits per heavy atom. The largest absolute Gasteiger partial charge is 0.462 e. The molecule has 0 heterocycles. The van der Waals surface area contributed by atoms with Crippen LogP contribution in [0, 0.1) is 41.4 Å². The first-order valence-corrected chi connectivity index (χ1v) is 14.1. The summed E-state index contributed by atoms with van der Waals surface area (Å²) in [6, 6.07) is 0. The average Bonchev–Trinajstić information content (AvgIpc) is 2.84. The van der Waals surface area contributed by atoms with E-state index in [-0.39, 0.29) is 18.0 Å². The van der Waals surface area contributed by atoms with Gasteiger partial charge < -0.3 is 4.74 Å². The molecule has 4 fully saturated rings. The second-order valence-corrected chi connectivity index (χ2v) is 11.9. The molecule has 0 radical (unpaired) electrons. The number of esters is 1. The van der Waals surface area contributed by atoms with Gasteiger partial charge in [-0.3, -0.25) is 4.79 Å². The van der Waals surface area contributed by atoms with Crippen LogP contribution < -0.4 is 0 Å². The zero-order chi connectivity index (χ0) is 22.3. The third-order valence-electron chi connectivity index (χ3n) is 9.64. The maximum atomic E-state index is 12.7. The normalized spacial score (nSPS) is 41.3. The van der Waals surface area contributed by atoms with Crippen LogP contribution in [-0.4, -0.2) is 12.1 Å². The van der Waals surface area contributed by atoms with Crippen molar-refractivity contribution in [1.29, 1.82) is 0 Å². The molecule has 4 aliphatic carbocycles. The highest BCUT2D eigenvalue weighted by atomic mass is 16.5. The van der Waals surface area contributed by atoms with Crippen LogP contribution >= 0.6 is 0 Å². The summed E-state index contributed by atoms with van der Waals surface area (Å²) in [6.45, 7) is 6.32. The van der Waals surface area contributed by atoms with Gasteiger partial charge in [0, 0.05) is 0 Å². The highest BCUT2D eigenvalue weighted by Gasteiger charge is 2.34. The molecule has 4 rings (SSSR count). The molecule has 0 atom stereocenters. The molecule has 180 valence electrons. The van der Waals surface area contributed by atoms with E-state index in [1.54, 1.807) is 0 Å². The van der Waals surface area contributed by atoms with Crippen molar-refractivity contribution in [2.45, 2.75) is 116 Å². The van der Waals surface area contributed by atoms with Crippen molar-refractivity contribution in [3.05, 3.63) is 24.8 Å². The molecule has 0 aromatic rings. The molecular weight excluding hydrogens is 392 g/mol. The van der Waals surface area contributed by atoms with Gasteiger partial charge in [-0.25, -0.2) is 0 Å². The lowest BCUT2D eigenvalue weighted by Gasteiger charge is -2.37. The number of rotatable bonds is 6. The molecule has 0 amide bonds. The third kappa shape index (κ3) is 6.73. The Hall–Kier alpha value is -1.05. The van der Waals surface area contributed by atoms with Crippen LogP contribution in [0.15, 0.2) is 24.8 Å². The maximum absolute atomic E-state index is 12.7. The first-order valence-electron chi connectivity index (χ1n) is 14.1. The van der Waals surface area contributed by atoms with Crippen molar-refractivity contribution >= 4 is 5.97 Å². The molecule has 0 saturated heterocycles. The highest BCUT2D eigenvalue weighted by Crippen LogP contribution is 2.42. The van der Waals surface area contributed by atoms with E-state index in [4.69, 9.17) is 4.74 Å². The zero-order valence-electron chi connectivity index (χ0n) is 20.7. The molecule has 0 bridgehead atoms. The van der Waals surface area contributed by atoms with Gasteiger partial charge in [0.25, 0.3) is 0 Å². The van der Waals surface area contributed by atoms with Gasteiger partial charge in [-0.15, -0.1) is 6.58 Å². The minimum absolute atomic E-state index is 0.108. The van der Waals surface area contributed by atoms with E-state index in [1.807, 2.05) is 0 Å². The molecule has 0 aromatic carbocycles. The number of carbonyl (C=O) groups is 1. The van der Waals surface area contributed by atoms with E-state index in [0.717, 1.165) is 68.1 Å². The minimum atomic E-state index is 0.108. The Balaban J connectivity index is 1.12. The van der Waals surface area contributed by atoms with Crippen LogP contribution in [0.25, 0.3) is 0 Å². The monoisotopic (exact) mass is 440 g/mol. The first kappa shape index (κ1) is 24.1. The molecule has 0 unspecified atom stereocenters. The lowest BCUT2D eigenvalue weighted by atomic mass is 9.69. The molecule has 0 N–H and O–H groups in total. The van der Waals surface area contributed by atoms with Crippen molar-refractivity contribution in [3.63, 3.8) is 0 Å². The standard InChI is InChI=1S/C30H48O2/c1-3-23-12-20-29(21-13-23)32-30(31)28-18-16-27(17-19-28)26-14-10-25(11-15-26)9-8-24-6-4-22(2)5-7-24/h3,8-9,22-29H,1,4-7,10-21H2,2H3/b9-8+. The van der Waals surface area contributed by atoms with Crippen molar-refractivity contribution in [3.8, 4) is 0 Å². The van der Waals surface area contributed by atoms with Crippen LogP contribution in [0.3, 0.4) is 0 Å². The highest BCUT2D eigenvalue weighted by molar-refractivity contribution is 5.72. The van der Waals surface area contributed by atoms with Gasteiger partial charge in [-0.2, -0.15) is 0 Å². The number of carbonyl (C=O) groups excluding carboxylic acids is 1. The SMILES string of the molecule is C=CC1CCC(OC(=O)C2CCC(C3CCC(/C=C/C4CCC(C)CC4)CC3)CC2)CC1. The second kappa shape index (κ2) is 11.9. The summed E-state index contributed by atoms with van der Waals surface area (Å²) in [6.07, 6.45) is 27.6. The van der Waals surface area contributed by atoms with Gasteiger partial charge in [0.05, 0.1) is 5.92 Å². The molecule has 2 nitrogen and oxygen atoms in total. The van der Waals surface area contributed by atoms with Crippen molar-refractivity contribution in [2.75, 3.05) is 0 Å².